The largest absolute Gasteiger partial charge is 0.352 e. The molecule has 0 radical (unpaired) electrons. The molecule has 0 amide bonds. The zero-order valence-electron chi connectivity index (χ0n) is 13.5. The molecule has 1 saturated carbocycles. The van der Waals surface area contributed by atoms with Gasteiger partial charge in [0.15, 0.2) is 5.96 Å². The van der Waals surface area contributed by atoms with Gasteiger partial charge in [-0.3, -0.25) is 14.9 Å². The monoisotopic (exact) mass is 301 g/mol. The average molecular weight is 301 g/mol. The van der Waals surface area contributed by atoms with E-state index in [4.69, 9.17) is 0 Å². The molecule has 0 spiro atoms. The van der Waals surface area contributed by atoms with Crippen molar-refractivity contribution in [1.82, 2.24) is 20.5 Å². The standard InChI is InChI=1S/C17H27N5/c1-18-17(20-12-14-6-4-5-10-19-14)21-15-9-11-22(13-15)16-7-2-3-8-16/h4-6,10,15-16H,2-3,7-9,11-13H2,1H3,(H2,18,20,21). The van der Waals surface area contributed by atoms with Crippen molar-refractivity contribution >= 4 is 5.96 Å². The van der Waals surface area contributed by atoms with Gasteiger partial charge in [0.2, 0.25) is 0 Å². The summed E-state index contributed by atoms with van der Waals surface area (Å²) in [6.45, 7) is 3.08. The maximum Gasteiger partial charge on any atom is 0.191 e. The van der Waals surface area contributed by atoms with Crippen LogP contribution < -0.4 is 10.6 Å². The quantitative estimate of drug-likeness (QED) is 0.657. The Kier molecular flexibility index (Phi) is 5.27. The van der Waals surface area contributed by atoms with Crippen LogP contribution in [0.2, 0.25) is 0 Å². The van der Waals surface area contributed by atoms with Gasteiger partial charge in [0.1, 0.15) is 0 Å². The number of rotatable bonds is 4. The van der Waals surface area contributed by atoms with Crippen LogP contribution in [0.1, 0.15) is 37.8 Å². The molecule has 1 unspecified atom stereocenters. The molecular weight excluding hydrogens is 274 g/mol. The zero-order valence-corrected chi connectivity index (χ0v) is 13.5. The van der Waals surface area contributed by atoms with E-state index in [9.17, 15) is 0 Å². The summed E-state index contributed by atoms with van der Waals surface area (Å²) in [6.07, 6.45) is 8.63. The molecule has 2 N–H and O–H groups in total. The lowest BCUT2D eigenvalue weighted by molar-refractivity contribution is 0.242. The summed E-state index contributed by atoms with van der Waals surface area (Å²) in [5.41, 5.74) is 1.03. The first-order valence-electron chi connectivity index (χ1n) is 8.46. The summed E-state index contributed by atoms with van der Waals surface area (Å²) < 4.78 is 0. The Labute approximate surface area is 133 Å². The van der Waals surface area contributed by atoms with Crippen LogP contribution in [-0.4, -0.2) is 48.1 Å². The van der Waals surface area contributed by atoms with Gasteiger partial charge in [-0.05, 0) is 31.4 Å². The Morgan fingerprint density at radius 2 is 2.18 bits per heavy atom. The van der Waals surface area contributed by atoms with Crippen LogP contribution in [0.3, 0.4) is 0 Å². The average Bonchev–Trinajstić information content (AvgIpc) is 3.23. The molecule has 0 bridgehead atoms. The van der Waals surface area contributed by atoms with E-state index in [1.54, 1.807) is 0 Å². The van der Waals surface area contributed by atoms with Gasteiger partial charge >= 0.3 is 0 Å². The fourth-order valence-electron chi connectivity index (χ4n) is 3.57. The fourth-order valence-corrected chi connectivity index (χ4v) is 3.57. The smallest absolute Gasteiger partial charge is 0.191 e. The van der Waals surface area contributed by atoms with E-state index in [0.717, 1.165) is 24.2 Å². The highest BCUT2D eigenvalue weighted by Gasteiger charge is 2.30. The predicted octanol–water partition coefficient (Wildman–Crippen LogP) is 1.76. The van der Waals surface area contributed by atoms with Gasteiger partial charge < -0.3 is 10.6 Å². The Morgan fingerprint density at radius 1 is 1.32 bits per heavy atom. The van der Waals surface area contributed by atoms with Gasteiger partial charge in [0, 0.05) is 38.4 Å². The van der Waals surface area contributed by atoms with Crippen LogP contribution in [0.25, 0.3) is 0 Å². The maximum atomic E-state index is 4.34. The molecule has 1 aliphatic carbocycles. The van der Waals surface area contributed by atoms with E-state index >= 15 is 0 Å². The fraction of sp³-hybridized carbons (Fsp3) is 0.647. The number of aromatic nitrogens is 1. The van der Waals surface area contributed by atoms with E-state index in [-0.39, 0.29) is 0 Å². The van der Waals surface area contributed by atoms with Crippen molar-refractivity contribution in [1.29, 1.82) is 0 Å². The van der Waals surface area contributed by atoms with Gasteiger partial charge in [-0.15, -0.1) is 0 Å². The van der Waals surface area contributed by atoms with E-state index < -0.39 is 0 Å². The van der Waals surface area contributed by atoms with Gasteiger partial charge in [-0.1, -0.05) is 18.9 Å². The summed E-state index contributed by atoms with van der Waals surface area (Å²) in [7, 11) is 1.83. The number of guanidine groups is 1. The van der Waals surface area contributed by atoms with Crippen LogP contribution >= 0.6 is 0 Å². The number of hydrogen-bond donors (Lipinski definition) is 2. The van der Waals surface area contributed by atoms with E-state index in [1.807, 2.05) is 31.4 Å². The second-order valence-electron chi connectivity index (χ2n) is 6.31. The number of aliphatic imine (C=N–C) groups is 1. The Bertz CT molecular complexity index is 481. The van der Waals surface area contributed by atoms with Gasteiger partial charge in [-0.2, -0.15) is 0 Å². The molecule has 3 rings (SSSR count). The van der Waals surface area contributed by atoms with Crippen LogP contribution in [-0.2, 0) is 6.54 Å². The van der Waals surface area contributed by atoms with Crippen LogP contribution in [0.15, 0.2) is 29.4 Å². The minimum absolute atomic E-state index is 0.510. The summed E-state index contributed by atoms with van der Waals surface area (Å²) in [4.78, 5) is 11.3. The van der Waals surface area contributed by atoms with E-state index in [0.29, 0.717) is 12.6 Å². The molecule has 5 heteroatoms. The van der Waals surface area contributed by atoms with Crippen molar-refractivity contribution in [3.63, 3.8) is 0 Å². The first-order chi connectivity index (χ1) is 10.8. The third kappa shape index (κ3) is 3.97. The molecule has 1 aromatic rings. The number of nitrogens with zero attached hydrogens (tertiary/aromatic N) is 3. The molecule has 2 aliphatic rings. The summed E-state index contributed by atoms with van der Waals surface area (Å²) in [5, 5.41) is 6.91. The van der Waals surface area contributed by atoms with Crippen molar-refractivity contribution in [2.24, 2.45) is 4.99 Å². The van der Waals surface area contributed by atoms with Crippen LogP contribution in [0, 0.1) is 0 Å². The van der Waals surface area contributed by atoms with Gasteiger partial charge in [0.25, 0.3) is 0 Å². The maximum absolute atomic E-state index is 4.34. The third-order valence-corrected chi connectivity index (χ3v) is 4.79. The molecule has 5 nitrogen and oxygen atoms in total. The number of nitrogens with one attached hydrogen (secondary N) is 2. The minimum atomic E-state index is 0.510. The highest BCUT2D eigenvalue weighted by molar-refractivity contribution is 5.79. The number of likely N-dealkylation sites (tertiary alicyclic amines) is 1. The topological polar surface area (TPSA) is 52.6 Å². The molecule has 0 aromatic carbocycles. The van der Waals surface area contributed by atoms with E-state index in [1.165, 1.54) is 38.6 Å². The van der Waals surface area contributed by atoms with Crippen LogP contribution in [0.5, 0.6) is 0 Å². The number of hydrogen-bond acceptors (Lipinski definition) is 3. The summed E-state index contributed by atoms with van der Waals surface area (Å²) >= 11 is 0. The molecular formula is C17H27N5. The Morgan fingerprint density at radius 3 is 2.91 bits per heavy atom. The van der Waals surface area contributed by atoms with Crippen molar-refractivity contribution in [3.05, 3.63) is 30.1 Å². The first-order valence-corrected chi connectivity index (χ1v) is 8.46. The summed E-state index contributed by atoms with van der Waals surface area (Å²) in [5.74, 6) is 0.879. The molecule has 2 fully saturated rings. The highest BCUT2D eigenvalue weighted by Crippen LogP contribution is 2.26. The predicted molar refractivity (Wildman–Crippen MR) is 89.8 cm³/mol. The van der Waals surface area contributed by atoms with Crippen molar-refractivity contribution < 1.29 is 0 Å². The van der Waals surface area contributed by atoms with Crippen molar-refractivity contribution in [3.8, 4) is 0 Å². The molecule has 2 heterocycles. The molecule has 22 heavy (non-hydrogen) atoms. The zero-order chi connectivity index (χ0) is 15.2. The normalized spacial score (nSPS) is 23.9. The molecule has 120 valence electrons. The first kappa shape index (κ1) is 15.3. The molecule has 1 saturated heterocycles. The van der Waals surface area contributed by atoms with E-state index in [2.05, 4.69) is 25.5 Å². The lowest BCUT2D eigenvalue weighted by Gasteiger charge is -2.24. The summed E-state index contributed by atoms with van der Waals surface area (Å²) in [6, 6.07) is 7.31. The van der Waals surface area contributed by atoms with Crippen LogP contribution in [0.4, 0.5) is 0 Å². The van der Waals surface area contributed by atoms with Gasteiger partial charge in [-0.25, -0.2) is 0 Å². The molecule has 1 aliphatic heterocycles. The highest BCUT2D eigenvalue weighted by atomic mass is 15.3. The lowest BCUT2D eigenvalue weighted by Crippen LogP contribution is -2.45. The van der Waals surface area contributed by atoms with Gasteiger partial charge in [0.05, 0.1) is 12.2 Å². The molecule has 1 atom stereocenters. The third-order valence-electron chi connectivity index (χ3n) is 4.79. The van der Waals surface area contributed by atoms with Crippen molar-refractivity contribution in [2.45, 2.75) is 50.7 Å². The van der Waals surface area contributed by atoms with Crippen molar-refractivity contribution in [2.75, 3.05) is 20.1 Å². The Balaban J connectivity index is 1.45. The Hall–Kier alpha value is -1.62. The molecule has 1 aromatic heterocycles. The SMILES string of the molecule is CN=C(NCc1ccccn1)NC1CCN(C2CCCC2)C1. The second kappa shape index (κ2) is 7.58. The number of pyridine rings is 1. The minimum Gasteiger partial charge on any atom is -0.352 e. The lowest BCUT2D eigenvalue weighted by atomic mass is 10.2. The second-order valence-corrected chi connectivity index (χ2v) is 6.31.